The average Bonchev–Trinajstić information content (AvgIpc) is 2.81. The number of benzene rings is 1. The van der Waals surface area contributed by atoms with Crippen molar-refractivity contribution in [2.45, 2.75) is 39.2 Å². The maximum absolute atomic E-state index is 13.0. The molecule has 0 aromatic heterocycles. The van der Waals surface area contributed by atoms with Gasteiger partial charge in [0.2, 0.25) is 0 Å². The van der Waals surface area contributed by atoms with Gasteiger partial charge in [0, 0.05) is 18.9 Å². The lowest BCUT2D eigenvalue weighted by molar-refractivity contribution is -0.123. The van der Waals surface area contributed by atoms with Crippen LogP contribution < -0.4 is 0 Å². The number of carbonyl (C=O) groups excluding carboxylic acids is 1. The molecule has 3 heteroatoms. The summed E-state index contributed by atoms with van der Waals surface area (Å²) in [5.41, 5.74) is 1.76. The molecule has 0 amide bonds. The number of hydrogen-bond acceptors (Lipinski definition) is 2. The molecule has 0 radical (unpaired) electrons. The summed E-state index contributed by atoms with van der Waals surface area (Å²) >= 11 is 0. The predicted molar refractivity (Wildman–Crippen MR) is 68.0 cm³/mol. The standard InChI is InChI=1S/C15H19FO2/c1-3-15-13(6-7-18-15)14(17)9-11-4-5-12(16)8-10(11)2/h4-5,8,13,15H,3,6-7,9H2,1-2H3. The van der Waals surface area contributed by atoms with Crippen molar-refractivity contribution in [1.82, 2.24) is 0 Å². The Hall–Kier alpha value is -1.22. The van der Waals surface area contributed by atoms with Crippen LogP contribution in [0.3, 0.4) is 0 Å². The summed E-state index contributed by atoms with van der Waals surface area (Å²) < 4.78 is 18.5. The molecule has 2 unspecified atom stereocenters. The molecule has 1 aliphatic heterocycles. The van der Waals surface area contributed by atoms with Gasteiger partial charge in [0.15, 0.2) is 0 Å². The molecule has 1 aliphatic rings. The Morgan fingerprint density at radius 2 is 2.28 bits per heavy atom. The molecule has 0 N–H and O–H groups in total. The number of aryl methyl sites for hydroxylation is 1. The summed E-state index contributed by atoms with van der Waals surface area (Å²) in [4.78, 5) is 12.2. The Labute approximate surface area is 107 Å². The average molecular weight is 250 g/mol. The van der Waals surface area contributed by atoms with Gasteiger partial charge in [-0.15, -0.1) is 0 Å². The Morgan fingerprint density at radius 1 is 1.50 bits per heavy atom. The molecule has 1 aromatic rings. The lowest BCUT2D eigenvalue weighted by Gasteiger charge is -2.16. The van der Waals surface area contributed by atoms with Crippen LogP contribution in [-0.4, -0.2) is 18.5 Å². The molecular formula is C15H19FO2. The van der Waals surface area contributed by atoms with Gasteiger partial charge in [-0.25, -0.2) is 4.39 Å². The van der Waals surface area contributed by atoms with Crippen LogP contribution in [0.4, 0.5) is 4.39 Å². The third kappa shape index (κ3) is 2.78. The van der Waals surface area contributed by atoms with Crippen molar-refractivity contribution >= 4 is 5.78 Å². The molecule has 98 valence electrons. The topological polar surface area (TPSA) is 26.3 Å². The summed E-state index contributed by atoms with van der Waals surface area (Å²) in [7, 11) is 0. The largest absolute Gasteiger partial charge is 0.377 e. The van der Waals surface area contributed by atoms with Crippen molar-refractivity contribution < 1.29 is 13.9 Å². The van der Waals surface area contributed by atoms with Crippen LogP contribution >= 0.6 is 0 Å². The van der Waals surface area contributed by atoms with Gasteiger partial charge in [0.1, 0.15) is 11.6 Å². The van der Waals surface area contributed by atoms with Crippen LogP contribution in [0.2, 0.25) is 0 Å². The van der Waals surface area contributed by atoms with Crippen LogP contribution in [0.5, 0.6) is 0 Å². The fourth-order valence-electron chi connectivity index (χ4n) is 2.60. The van der Waals surface area contributed by atoms with Gasteiger partial charge in [0.25, 0.3) is 0 Å². The zero-order valence-electron chi connectivity index (χ0n) is 10.9. The van der Waals surface area contributed by atoms with E-state index in [9.17, 15) is 9.18 Å². The highest BCUT2D eigenvalue weighted by molar-refractivity contribution is 5.84. The number of hydrogen-bond donors (Lipinski definition) is 0. The summed E-state index contributed by atoms with van der Waals surface area (Å²) in [6, 6.07) is 4.60. The van der Waals surface area contributed by atoms with E-state index in [0.29, 0.717) is 13.0 Å². The number of ether oxygens (including phenoxy) is 1. The predicted octanol–water partition coefficient (Wildman–Crippen LogP) is 3.06. The number of carbonyl (C=O) groups is 1. The Balaban J connectivity index is 2.07. The van der Waals surface area contributed by atoms with E-state index < -0.39 is 0 Å². The maximum atomic E-state index is 13.0. The van der Waals surface area contributed by atoms with E-state index in [-0.39, 0.29) is 23.6 Å². The number of ketones is 1. The second kappa shape index (κ2) is 5.61. The molecule has 2 nitrogen and oxygen atoms in total. The van der Waals surface area contributed by atoms with Crippen molar-refractivity contribution in [1.29, 1.82) is 0 Å². The number of rotatable bonds is 4. The Morgan fingerprint density at radius 3 is 2.94 bits per heavy atom. The smallest absolute Gasteiger partial charge is 0.143 e. The fourth-order valence-corrected chi connectivity index (χ4v) is 2.60. The highest BCUT2D eigenvalue weighted by Gasteiger charge is 2.32. The number of Topliss-reactive ketones (excluding diaryl/α,β-unsaturated/α-hetero) is 1. The second-order valence-electron chi connectivity index (χ2n) is 4.93. The molecule has 0 aliphatic carbocycles. The highest BCUT2D eigenvalue weighted by atomic mass is 19.1. The van der Waals surface area contributed by atoms with Gasteiger partial charge >= 0.3 is 0 Å². The fraction of sp³-hybridized carbons (Fsp3) is 0.533. The second-order valence-corrected chi connectivity index (χ2v) is 4.93. The van der Waals surface area contributed by atoms with Gasteiger partial charge < -0.3 is 4.74 Å². The molecule has 0 saturated carbocycles. The van der Waals surface area contributed by atoms with Crippen molar-refractivity contribution in [2.24, 2.45) is 5.92 Å². The molecule has 2 rings (SSSR count). The SMILES string of the molecule is CCC1OCCC1C(=O)Cc1ccc(F)cc1C. The molecule has 1 fully saturated rings. The van der Waals surface area contributed by atoms with Crippen molar-refractivity contribution in [3.63, 3.8) is 0 Å². The van der Waals surface area contributed by atoms with E-state index >= 15 is 0 Å². The number of halogens is 1. The van der Waals surface area contributed by atoms with E-state index in [1.165, 1.54) is 12.1 Å². The minimum Gasteiger partial charge on any atom is -0.377 e. The molecule has 1 saturated heterocycles. The zero-order chi connectivity index (χ0) is 13.1. The first-order valence-corrected chi connectivity index (χ1v) is 6.51. The normalized spacial score (nSPS) is 23.3. The van der Waals surface area contributed by atoms with E-state index in [1.54, 1.807) is 6.07 Å². The Kier molecular flexibility index (Phi) is 4.12. The summed E-state index contributed by atoms with van der Waals surface area (Å²) in [6.45, 7) is 4.56. The van der Waals surface area contributed by atoms with E-state index in [2.05, 4.69) is 0 Å². The van der Waals surface area contributed by atoms with Gasteiger partial charge in [0.05, 0.1) is 6.10 Å². The maximum Gasteiger partial charge on any atom is 0.143 e. The van der Waals surface area contributed by atoms with E-state index in [4.69, 9.17) is 4.74 Å². The third-order valence-corrected chi connectivity index (χ3v) is 3.69. The third-order valence-electron chi connectivity index (χ3n) is 3.69. The van der Waals surface area contributed by atoms with Crippen LogP contribution in [0.1, 0.15) is 30.9 Å². The monoisotopic (exact) mass is 250 g/mol. The molecule has 0 spiro atoms. The first kappa shape index (κ1) is 13.2. The zero-order valence-corrected chi connectivity index (χ0v) is 10.9. The van der Waals surface area contributed by atoms with Gasteiger partial charge in [-0.3, -0.25) is 4.79 Å². The summed E-state index contributed by atoms with van der Waals surface area (Å²) in [6.07, 6.45) is 2.14. The van der Waals surface area contributed by atoms with Crippen LogP contribution in [0.25, 0.3) is 0 Å². The summed E-state index contributed by atoms with van der Waals surface area (Å²) in [5.74, 6) is -0.0205. The van der Waals surface area contributed by atoms with Crippen LogP contribution in [0, 0.1) is 18.7 Å². The Bertz CT molecular complexity index is 442. The van der Waals surface area contributed by atoms with Crippen LogP contribution in [0.15, 0.2) is 18.2 Å². The highest BCUT2D eigenvalue weighted by Crippen LogP contribution is 2.26. The lowest BCUT2D eigenvalue weighted by Crippen LogP contribution is -2.25. The van der Waals surface area contributed by atoms with Gasteiger partial charge in [-0.2, -0.15) is 0 Å². The molecule has 0 bridgehead atoms. The minimum absolute atomic E-state index is 0.0134. The molecule has 18 heavy (non-hydrogen) atoms. The van der Waals surface area contributed by atoms with E-state index in [0.717, 1.165) is 24.0 Å². The minimum atomic E-state index is -0.251. The van der Waals surface area contributed by atoms with Crippen LogP contribution in [-0.2, 0) is 16.0 Å². The van der Waals surface area contributed by atoms with Gasteiger partial charge in [-0.05, 0) is 43.0 Å². The quantitative estimate of drug-likeness (QED) is 0.821. The van der Waals surface area contributed by atoms with Crippen molar-refractivity contribution in [3.05, 3.63) is 35.1 Å². The molecule has 1 heterocycles. The molecule has 1 aromatic carbocycles. The first-order valence-electron chi connectivity index (χ1n) is 6.51. The molecule has 2 atom stereocenters. The molecular weight excluding hydrogens is 231 g/mol. The summed E-state index contributed by atoms with van der Waals surface area (Å²) in [5, 5.41) is 0. The van der Waals surface area contributed by atoms with Crippen molar-refractivity contribution in [3.8, 4) is 0 Å². The van der Waals surface area contributed by atoms with E-state index in [1.807, 2.05) is 13.8 Å². The van der Waals surface area contributed by atoms with Crippen molar-refractivity contribution in [2.75, 3.05) is 6.61 Å². The first-order chi connectivity index (χ1) is 8.61. The van der Waals surface area contributed by atoms with Gasteiger partial charge in [-0.1, -0.05) is 13.0 Å². The lowest BCUT2D eigenvalue weighted by atomic mass is 9.90.